The Kier molecular flexibility index (Phi) is 12.8. The van der Waals surface area contributed by atoms with Crippen molar-refractivity contribution in [3.63, 3.8) is 0 Å². The van der Waals surface area contributed by atoms with Crippen molar-refractivity contribution in [2.75, 3.05) is 58.5 Å². The SMILES string of the molecule is CN=C(NCCCCOCCOC)NC1CCN(c2cccc(Cl)c2)C1.I. The average Bonchev–Trinajstić information content (AvgIpc) is 3.11. The van der Waals surface area contributed by atoms with Gasteiger partial charge in [0.1, 0.15) is 0 Å². The van der Waals surface area contributed by atoms with Crippen LogP contribution in [0.25, 0.3) is 0 Å². The quantitative estimate of drug-likeness (QED) is 0.219. The van der Waals surface area contributed by atoms with Gasteiger partial charge in [0.2, 0.25) is 0 Å². The Labute approximate surface area is 185 Å². The smallest absolute Gasteiger partial charge is 0.191 e. The summed E-state index contributed by atoms with van der Waals surface area (Å²) in [6.07, 6.45) is 3.16. The molecule has 1 unspecified atom stereocenters. The molecule has 0 amide bonds. The summed E-state index contributed by atoms with van der Waals surface area (Å²) >= 11 is 6.10. The summed E-state index contributed by atoms with van der Waals surface area (Å²) in [4.78, 5) is 6.68. The summed E-state index contributed by atoms with van der Waals surface area (Å²) in [5, 5.41) is 7.68. The van der Waals surface area contributed by atoms with Crippen LogP contribution < -0.4 is 15.5 Å². The summed E-state index contributed by atoms with van der Waals surface area (Å²) in [5.41, 5.74) is 1.18. The fourth-order valence-electron chi connectivity index (χ4n) is 2.95. The summed E-state index contributed by atoms with van der Waals surface area (Å²) in [6.45, 7) is 4.95. The molecule has 2 rings (SSSR count). The number of benzene rings is 1. The third-order valence-electron chi connectivity index (χ3n) is 4.37. The molecule has 0 radical (unpaired) electrons. The summed E-state index contributed by atoms with van der Waals surface area (Å²) in [6, 6.07) is 8.42. The summed E-state index contributed by atoms with van der Waals surface area (Å²) in [7, 11) is 3.50. The van der Waals surface area contributed by atoms with Crippen molar-refractivity contribution in [3.8, 4) is 0 Å². The highest BCUT2D eigenvalue weighted by molar-refractivity contribution is 14.0. The van der Waals surface area contributed by atoms with Gasteiger partial charge >= 0.3 is 0 Å². The van der Waals surface area contributed by atoms with Gasteiger partial charge in [0.25, 0.3) is 0 Å². The predicted octanol–water partition coefficient (Wildman–Crippen LogP) is 3.14. The lowest BCUT2D eigenvalue weighted by Gasteiger charge is -2.20. The molecule has 0 saturated carbocycles. The van der Waals surface area contributed by atoms with Gasteiger partial charge in [-0.25, -0.2) is 0 Å². The molecule has 1 atom stereocenters. The Bertz CT molecular complexity index is 562. The van der Waals surface area contributed by atoms with E-state index in [0.29, 0.717) is 19.3 Å². The van der Waals surface area contributed by atoms with Crippen molar-refractivity contribution in [1.29, 1.82) is 0 Å². The molecule has 1 aromatic carbocycles. The molecule has 1 saturated heterocycles. The maximum Gasteiger partial charge on any atom is 0.191 e. The van der Waals surface area contributed by atoms with Gasteiger partial charge in [-0.3, -0.25) is 4.99 Å². The predicted molar refractivity (Wildman–Crippen MR) is 124 cm³/mol. The van der Waals surface area contributed by atoms with Gasteiger partial charge in [0, 0.05) is 57.2 Å². The number of rotatable bonds is 10. The molecule has 1 aromatic rings. The molecule has 2 N–H and O–H groups in total. The first kappa shape index (κ1) is 24.3. The van der Waals surface area contributed by atoms with Crippen molar-refractivity contribution in [2.45, 2.75) is 25.3 Å². The van der Waals surface area contributed by atoms with E-state index in [4.69, 9.17) is 21.1 Å². The number of aliphatic imine (C=N–C) groups is 1. The third kappa shape index (κ3) is 9.32. The molecule has 6 nitrogen and oxygen atoms in total. The van der Waals surface area contributed by atoms with Gasteiger partial charge < -0.3 is 25.0 Å². The highest BCUT2D eigenvalue weighted by Gasteiger charge is 2.23. The first-order valence-electron chi connectivity index (χ1n) is 9.27. The normalized spacial score (nSPS) is 16.9. The molecule has 27 heavy (non-hydrogen) atoms. The Morgan fingerprint density at radius 1 is 1.30 bits per heavy atom. The van der Waals surface area contributed by atoms with Crippen molar-refractivity contribution in [1.82, 2.24) is 10.6 Å². The van der Waals surface area contributed by atoms with Crippen LogP contribution >= 0.6 is 35.6 Å². The van der Waals surface area contributed by atoms with E-state index in [1.807, 2.05) is 25.2 Å². The van der Waals surface area contributed by atoms with Gasteiger partial charge in [-0.1, -0.05) is 17.7 Å². The Hall–Kier alpha value is -0.770. The van der Waals surface area contributed by atoms with E-state index in [9.17, 15) is 0 Å². The van der Waals surface area contributed by atoms with Crippen LogP contribution in [0.4, 0.5) is 5.69 Å². The lowest BCUT2D eigenvalue weighted by Crippen LogP contribution is -2.44. The first-order valence-corrected chi connectivity index (χ1v) is 9.65. The largest absolute Gasteiger partial charge is 0.382 e. The Balaban J connectivity index is 0.00000364. The van der Waals surface area contributed by atoms with Gasteiger partial charge in [-0.05, 0) is 37.5 Å². The van der Waals surface area contributed by atoms with E-state index >= 15 is 0 Å². The molecule has 0 aromatic heterocycles. The zero-order valence-corrected chi connectivity index (χ0v) is 19.3. The second kappa shape index (κ2) is 14.3. The van der Waals surface area contributed by atoms with Crippen LogP contribution in [-0.4, -0.2) is 65.6 Å². The number of nitrogens with zero attached hydrogens (tertiary/aromatic N) is 2. The number of guanidine groups is 1. The highest BCUT2D eigenvalue weighted by Crippen LogP contribution is 2.23. The third-order valence-corrected chi connectivity index (χ3v) is 4.60. The lowest BCUT2D eigenvalue weighted by atomic mass is 10.2. The minimum absolute atomic E-state index is 0. The summed E-state index contributed by atoms with van der Waals surface area (Å²) < 4.78 is 10.4. The van der Waals surface area contributed by atoms with E-state index in [-0.39, 0.29) is 24.0 Å². The fraction of sp³-hybridized carbons (Fsp3) is 0.632. The van der Waals surface area contributed by atoms with E-state index in [2.05, 4.69) is 26.6 Å². The van der Waals surface area contributed by atoms with Crippen LogP contribution in [0.3, 0.4) is 0 Å². The van der Waals surface area contributed by atoms with Crippen molar-refractivity contribution in [2.24, 2.45) is 4.99 Å². The molecule has 8 heteroatoms. The standard InChI is InChI=1S/C19H31ClN4O2.HI/c1-21-19(22-9-3-4-11-26-13-12-25-2)23-17-8-10-24(15-17)18-7-5-6-16(20)14-18;/h5-7,14,17H,3-4,8-13,15H2,1-2H3,(H2,21,22,23);1H. The van der Waals surface area contributed by atoms with Gasteiger partial charge in [0.05, 0.1) is 13.2 Å². The molecule has 0 bridgehead atoms. The van der Waals surface area contributed by atoms with E-state index in [0.717, 1.165) is 56.5 Å². The maximum absolute atomic E-state index is 6.10. The number of halogens is 2. The van der Waals surface area contributed by atoms with Crippen LogP contribution in [0.5, 0.6) is 0 Å². The monoisotopic (exact) mass is 510 g/mol. The minimum atomic E-state index is 0. The van der Waals surface area contributed by atoms with Crippen molar-refractivity contribution < 1.29 is 9.47 Å². The molecule has 0 spiro atoms. The zero-order chi connectivity index (χ0) is 18.6. The molecule has 1 fully saturated rings. The van der Waals surface area contributed by atoms with Gasteiger partial charge in [-0.15, -0.1) is 24.0 Å². The fourth-order valence-corrected chi connectivity index (χ4v) is 3.14. The number of hydrogen-bond acceptors (Lipinski definition) is 4. The molecular weight excluding hydrogens is 479 g/mol. The van der Waals surface area contributed by atoms with Gasteiger partial charge in [-0.2, -0.15) is 0 Å². The minimum Gasteiger partial charge on any atom is -0.382 e. The van der Waals surface area contributed by atoms with Gasteiger partial charge in [0.15, 0.2) is 5.96 Å². The molecule has 154 valence electrons. The Morgan fingerprint density at radius 2 is 2.15 bits per heavy atom. The maximum atomic E-state index is 6.10. The average molecular weight is 511 g/mol. The van der Waals surface area contributed by atoms with E-state index in [1.54, 1.807) is 7.11 Å². The second-order valence-corrected chi connectivity index (χ2v) is 6.80. The van der Waals surface area contributed by atoms with Crippen LogP contribution in [0.2, 0.25) is 5.02 Å². The van der Waals surface area contributed by atoms with E-state index in [1.165, 1.54) is 5.69 Å². The van der Waals surface area contributed by atoms with Crippen molar-refractivity contribution in [3.05, 3.63) is 29.3 Å². The summed E-state index contributed by atoms with van der Waals surface area (Å²) in [5.74, 6) is 0.864. The molecule has 1 heterocycles. The van der Waals surface area contributed by atoms with E-state index < -0.39 is 0 Å². The number of methoxy groups -OCH3 is 1. The molecule has 1 aliphatic rings. The number of unbranched alkanes of at least 4 members (excludes halogenated alkanes) is 1. The zero-order valence-electron chi connectivity index (χ0n) is 16.2. The number of nitrogens with one attached hydrogen (secondary N) is 2. The number of anilines is 1. The topological polar surface area (TPSA) is 58.1 Å². The number of ether oxygens (including phenoxy) is 2. The molecular formula is C19H32ClIN4O2. The molecule has 1 aliphatic heterocycles. The lowest BCUT2D eigenvalue weighted by molar-refractivity contribution is 0.0689. The highest BCUT2D eigenvalue weighted by atomic mass is 127. The molecule has 0 aliphatic carbocycles. The van der Waals surface area contributed by atoms with Crippen LogP contribution in [0.1, 0.15) is 19.3 Å². The van der Waals surface area contributed by atoms with Crippen LogP contribution in [0, 0.1) is 0 Å². The number of hydrogen-bond donors (Lipinski definition) is 2. The first-order chi connectivity index (χ1) is 12.7. The van der Waals surface area contributed by atoms with Crippen molar-refractivity contribution >= 4 is 47.2 Å². The van der Waals surface area contributed by atoms with Crippen LogP contribution in [-0.2, 0) is 9.47 Å². The van der Waals surface area contributed by atoms with Crippen LogP contribution in [0.15, 0.2) is 29.3 Å². The Morgan fingerprint density at radius 3 is 2.89 bits per heavy atom. The second-order valence-electron chi connectivity index (χ2n) is 6.37.